The van der Waals surface area contributed by atoms with Crippen LogP contribution in [0.2, 0.25) is 0 Å². The van der Waals surface area contributed by atoms with Gasteiger partial charge >= 0.3 is 6.61 Å². The Bertz CT molecular complexity index is 481. The molecule has 3 unspecified atom stereocenters. The SMILES string of the molecule is COc1ccc(OC(F)F)c(NC2CC3CCC2C3)c1. The summed E-state index contributed by atoms with van der Waals surface area (Å²) in [5, 5.41) is 3.38. The predicted octanol–water partition coefficient (Wildman–Crippen LogP) is 3.90. The van der Waals surface area contributed by atoms with E-state index in [9.17, 15) is 8.78 Å². The zero-order valence-electron chi connectivity index (χ0n) is 11.4. The lowest BCUT2D eigenvalue weighted by Crippen LogP contribution is -2.26. The van der Waals surface area contributed by atoms with Crippen LogP contribution in [0.3, 0.4) is 0 Å². The van der Waals surface area contributed by atoms with Crippen molar-refractivity contribution in [1.29, 1.82) is 0 Å². The van der Waals surface area contributed by atoms with Crippen LogP contribution in [0.25, 0.3) is 0 Å². The van der Waals surface area contributed by atoms with Crippen molar-refractivity contribution in [3.63, 3.8) is 0 Å². The van der Waals surface area contributed by atoms with Crippen molar-refractivity contribution in [2.24, 2.45) is 11.8 Å². The van der Waals surface area contributed by atoms with Gasteiger partial charge in [-0.05, 0) is 43.2 Å². The number of alkyl halides is 2. The van der Waals surface area contributed by atoms with Gasteiger partial charge in [0, 0.05) is 12.1 Å². The Labute approximate surface area is 117 Å². The topological polar surface area (TPSA) is 30.5 Å². The fourth-order valence-electron chi connectivity index (χ4n) is 3.57. The standard InChI is InChI=1S/C15H19F2NO2/c1-19-11-4-5-14(20-15(16)17)13(8-11)18-12-7-9-2-3-10(12)6-9/h4-5,8-10,12,15,18H,2-3,6-7H2,1H3. The first kappa shape index (κ1) is 13.5. The second kappa shape index (κ2) is 5.46. The maximum absolute atomic E-state index is 12.5. The Kier molecular flexibility index (Phi) is 3.68. The van der Waals surface area contributed by atoms with Crippen LogP contribution in [0, 0.1) is 11.8 Å². The largest absolute Gasteiger partial charge is 0.497 e. The van der Waals surface area contributed by atoms with E-state index in [2.05, 4.69) is 10.1 Å². The fraction of sp³-hybridized carbons (Fsp3) is 0.600. The molecule has 1 aromatic rings. The Morgan fingerprint density at radius 1 is 1.25 bits per heavy atom. The van der Waals surface area contributed by atoms with Crippen molar-refractivity contribution in [3.05, 3.63) is 18.2 Å². The molecule has 2 fully saturated rings. The molecule has 0 heterocycles. The highest BCUT2D eigenvalue weighted by atomic mass is 19.3. The van der Waals surface area contributed by atoms with E-state index in [1.165, 1.54) is 25.3 Å². The van der Waals surface area contributed by atoms with Crippen molar-refractivity contribution in [2.75, 3.05) is 12.4 Å². The van der Waals surface area contributed by atoms with Crippen molar-refractivity contribution in [3.8, 4) is 11.5 Å². The fourth-order valence-corrected chi connectivity index (χ4v) is 3.57. The van der Waals surface area contributed by atoms with E-state index in [1.54, 1.807) is 19.2 Å². The third kappa shape index (κ3) is 2.67. The summed E-state index contributed by atoms with van der Waals surface area (Å²) >= 11 is 0. The van der Waals surface area contributed by atoms with Crippen LogP contribution in [0.1, 0.15) is 25.7 Å². The summed E-state index contributed by atoms with van der Waals surface area (Å²) < 4.78 is 34.7. The molecule has 3 atom stereocenters. The number of anilines is 1. The highest BCUT2D eigenvalue weighted by molar-refractivity contribution is 5.60. The number of hydrogen-bond acceptors (Lipinski definition) is 3. The van der Waals surface area contributed by atoms with Gasteiger partial charge in [0.15, 0.2) is 0 Å². The molecule has 20 heavy (non-hydrogen) atoms. The molecular weight excluding hydrogens is 264 g/mol. The van der Waals surface area contributed by atoms with Crippen LogP contribution in [0.5, 0.6) is 11.5 Å². The van der Waals surface area contributed by atoms with Crippen molar-refractivity contribution in [2.45, 2.75) is 38.3 Å². The monoisotopic (exact) mass is 283 g/mol. The number of rotatable bonds is 5. The van der Waals surface area contributed by atoms with Gasteiger partial charge in [0.25, 0.3) is 0 Å². The lowest BCUT2D eigenvalue weighted by Gasteiger charge is -2.25. The molecule has 3 rings (SSSR count). The van der Waals surface area contributed by atoms with E-state index in [0.29, 0.717) is 23.4 Å². The molecule has 110 valence electrons. The van der Waals surface area contributed by atoms with Gasteiger partial charge in [-0.1, -0.05) is 6.42 Å². The third-order valence-corrected chi connectivity index (χ3v) is 4.48. The highest BCUT2D eigenvalue weighted by Gasteiger charge is 2.39. The minimum atomic E-state index is -2.82. The molecule has 5 heteroatoms. The van der Waals surface area contributed by atoms with Gasteiger partial charge in [0.05, 0.1) is 12.8 Å². The van der Waals surface area contributed by atoms with E-state index in [4.69, 9.17) is 4.74 Å². The van der Waals surface area contributed by atoms with Gasteiger partial charge in [-0.25, -0.2) is 0 Å². The lowest BCUT2D eigenvalue weighted by atomic mass is 9.95. The second-order valence-corrected chi connectivity index (χ2v) is 5.67. The molecule has 0 spiro atoms. The molecule has 3 nitrogen and oxygen atoms in total. The molecule has 2 bridgehead atoms. The predicted molar refractivity (Wildman–Crippen MR) is 72.5 cm³/mol. The highest BCUT2D eigenvalue weighted by Crippen LogP contribution is 2.46. The van der Waals surface area contributed by atoms with Gasteiger partial charge in [0.1, 0.15) is 11.5 Å². The Hall–Kier alpha value is -1.52. The Morgan fingerprint density at radius 3 is 2.70 bits per heavy atom. The first-order valence-corrected chi connectivity index (χ1v) is 7.05. The quantitative estimate of drug-likeness (QED) is 0.889. The van der Waals surface area contributed by atoms with Gasteiger partial charge in [-0.2, -0.15) is 8.78 Å². The third-order valence-electron chi connectivity index (χ3n) is 4.48. The summed E-state index contributed by atoms with van der Waals surface area (Å²) in [4.78, 5) is 0. The molecule has 0 radical (unpaired) electrons. The maximum atomic E-state index is 12.5. The first-order valence-electron chi connectivity index (χ1n) is 7.05. The zero-order chi connectivity index (χ0) is 14.1. The normalized spacial score (nSPS) is 27.9. The lowest BCUT2D eigenvalue weighted by molar-refractivity contribution is -0.0494. The number of fused-ring (bicyclic) bond motifs is 2. The summed E-state index contributed by atoms with van der Waals surface area (Å²) in [7, 11) is 1.56. The maximum Gasteiger partial charge on any atom is 0.387 e. The number of hydrogen-bond donors (Lipinski definition) is 1. The van der Waals surface area contributed by atoms with Crippen LogP contribution in [-0.4, -0.2) is 19.8 Å². The van der Waals surface area contributed by atoms with Gasteiger partial charge in [-0.15, -0.1) is 0 Å². The Morgan fingerprint density at radius 2 is 2.10 bits per heavy atom. The van der Waals surface area contributed by atoms with Crippen LogP contribution < -0.4 is 14.8 Å². The van der Waals surface area contributed by atoms with Crippen LogP contribution in [0.15, 0.2) is 18.2 Å². The molecule has 2 aliphatic carbocycles. The smallest absolute Gasteiger partial charge is 0.387 e. The van der Waals surface area contributed by atoms with Crippen molar-refractivity contribution in [1.82, 2.24) is 0 Å². The molecule has 0 aromatic heterocycles. The first-order chi connectivity index (χ1) is 9.65. The molecule has 0 amide bonds. The van der Waals surface area contributed by atoms with Gasteiger partial charge in [-0.3, -0.25) is 0 Å². The molecule has 2 aliphatic rings. The second-order valence-electron chi connectivity index (χ2n) is 5.67. The summed E-state index contributed by atoms with van der Waals surface area (Å²) in [6.07, 6.45) is 4.92. The van der Waals surface area contributed by atoms with Crippen LogP contribution in [-0.2, 0) is 0 Å². The molecule has 0 saturated heterocycles. The van der Waals surface area contributed by atoms with E-state index < -0.39 is 6.61 Å². The van der Waals surface area contributed by atoms with Crippen molar-refractivity contribution >= 4 is 5.69 Å². The van der Waals surface area contributed by atoms with E-state index in [1.807, 2.05) is 0 Å². The minimum absolute atomic E-state index is 0.184. The number of halogens is 2. The molecule has 2 saturated carbocycles. The average molecular weight is 283 g/mol. The van der Waals surface area contributed by atoms with E-state index in [-0.39, 0.29) is 5.75 Å². The molecule has 1 aromatic carbocycles. The average Bonchev–Trinajstić information content (AvgIpc) is 3.02. The molecule has 1 N–H and O–H groups in total. The summed E-state index contributed by atoms with van der Waals surface area (Å²) in [5.74, 6) is 2.27. The summed E-state index contributed by atoms with van der Waals surface area (Å²) in [6, 6.07) is 5.24. The van der Waals surface area contributed by atoms with E-state index in [0.717, 1.165) is 12.3 Å². The van der Waals surface area contributed by atoms with Crippen LogP contribution >= 0.6 is 0 Å². The minimum Gasteiger partial charge on any atom is -0.497 e. The van der Waals surface area contributed by atoms with Crippen LogP contribution in [0.4, 0.5) is 14.5 Å². The number of methoxy groups -OCH3 is 1. The molecule has 0 aliphatic heterocycles. The van der Waals surface area contributed by atoms with Gasteiger partial charge < -0.3 is 14.8 Å². The van der Waals surface area contributed by atoms with E-state index >= 15 is 0 Å². The zero-order valence-corrected chi connectivity index (χ0v) is 11.4. The number of nitrogens with one attached hydrogen (secondary N) is 1. The van der Waals surface area contributed by atoms with Gasteiger partial charge in [0.2, 0.25) is 0 Å². The van der Waals surface area contributed by atoms with Crippen molar-refractivity contribution < 1.29 is 18.3 Å². The Balaban J connectivity index is 1.78. The summed E-state index contributed by atoms with van der Waals surface area (Å²) in [5.41, 5.74) is 0.599. The summed E-state index contributed by atoms with van der Waals surface area (Å²) in [6.45, 7) is -2.82. The molecular formula is C15H19F2NO2. The number of benzene rings is 1. The number of ether oxygens (including phenoxy) is 2.